The van der Waals surface area contributed by atoms with E-state index in [4.69, 9.17) is 5.26 Å². The fraction of sp³-hybridized carbons (Fsp3) is 0.0833. The summed E-state index contributed by atoms with van der Waals surface area (Å²) in [6, 6.07) is 9.17. The third-order valence-electron chi connectivity index (χ3n) is 2.32. The van der Waals surface area contributed by atoms with Crippen LogP contribution in [0.3, 0.4) is 0 Å². The molecule has 4 heteroatoms. The minimum Gasteiger partial charge on any atom is -0.341 e. The average Bonchev–Trinajstić information content (AvgIpc) is 2.77. The van der Waals surface area contributed by atoms with E-state index in [2.05, 4.69) is 4.98 Å². The van der Waals surface area contributed by atoms with Crippen LogP contribution in [0.2, 0.25) is 0 Å². The van der Waals surface area contributed by atoms with Gasteiger partial charge in [-0.2, -0.15) is 5.26 Å². The normalized spacial score (nSPS) is 9.69. The number of nitriles is 1. The van der Waals surface area contributed by atoms with E-state index in [0.717, 1.165) is 11.8 Å². The lowest BCUT2D eigenvalue weighted by Crippen LogP contribution is -2.04. The molecule has 2 rings (SSSR count). The Morgan fingerprint density at radius 1 is 1.44 bits per heavy atom. The molecule has 0 atom stereocenters. The van der Waals surface area contributed by atoms with Crippen molar-refractivity contribution in [1.29, 1.82) is 5.26 Å². The number of carbonyl (C=O) groups excluding carboxylic acids is 1. The molecule has 2 heterocycles. The van der Waals surface area contributed by atoms with Gasteiger partial charge in [-0.25, -0.2) is 4.98 Å². The number of aldehydes is 1. The van der Waals surface area contributed by atoms with Crippen LogP contribution in [0, 0.1) is 11.3 Å². The molecule has 0 radical (unpaired) electrons. The molecule has 0 spiro atoms. The first-order chi connectivity index (χ1) is 7.85. The lowest BCUT2D eigenvalue weighted by molar-refractivity contribution is 0.111. The van der Waals surface area contributed by atoms with Crippen molar-refractivity contribution in [2.24, 2.45) is 0 Å². The minimum atomic E-state index is 0.396. The molecule has 0 aliphatic rings. The van der Waals surface area contributed by atoms with Gasteiger partial charge in [0.05, 0.1) is 12.2 Å². The van der Waals surface area contributed by atoms with Crippen LogP contribution in [-0.4, -0.2) is 15.8 Å². The van der Waals surface area contributed by atoms with Gasteiger partial charge in [0.15, 0.2) is 6.29 Å². The third kappa shape index (κ3) is 1.84. The van der Waals surface area contributed by atoms with Crippen molar-refractivity contribution >= 4 is 6.29 Å². The maximum atomic E-state index is 10.7. The number of rotatable bonds is 3. The van der Waals surface area contributed by atoms with Gasteiger partial charge in [0, 0.05) is 18.0 Å². The van der Waals surface area contributed by atoms with Crippen LogP contribution in [0.15, 0.2) is 36.7 Å². The second-order valence-electron chi connectivity index (χ2n) is 3.30. The second kappa shape index (κ2) is 4.41. The van der Waals surface area contributed by atoms with Gasteiger partial charge < -0.3 is 4.57 Å². The summed E-state index contributed by atoms with van der Waals surface area (Å²) in [5.41, 5.74) is 1.80. The van der Waals surface area contributed by atoms with Crippen molar-refractivity contribution in [1.82, 2.24) is 9.55 Å². The SMILES string of the molecule is N#Cc1ncccc1Cn1cccc1C=O. The highest BCUT2D eigenvalue weighted by atomic mass is 16.1. The maximum Gasteiger partial charge on any atom is 0.166 e. The zero-order valence-electron chi connectivity index (χ0n) is 8.50. The molecule has 0 aliphatic carbocycles. The average molecular weight is 211 g/mol. The Balaban J connectivity index is 2.34. The van der Waals surface area contributed by atoms with Crippen molar-refractivity contribution in [3.8, 4) is 6.07 Å². The summed E-state index contributed by atoms with van der Waals surface area (Å²) in [6.45, 7) is 0.484. The summed E-state index contributed by atoms with van der Waals surface area (Å²) in [7, 11) is 0. The summed E-state index contributed by atoms with van der Waals surface area (Å²) in [4.78, 5) is 14.7. The van der Waals surface area contributed by atoms with E-state index in [1.165, 1.54) is 0 Å². The van der Waals surface area contributed by atoms with Crippen LogP contribution in [0.1, 0.15) is 21.7 Å². The zero-order chi connectivity index (χ0) is 11.4. The highest BCUT2D eigenvalue weighted by molar-refractivity contribution is 5.72. The molecule has 0 N–H and O–H groups in total. The number of carbonyl (C=O) groups is 1. The fourth-order valence-corrected chi connectivity index (χ4v) is 1.53. The van der Waals surface area contributed by atoms with Crippen LogP contribution < -0.4 is 0 Å². The van der Waals surface area contributed by atoms with E-state index in [0.29, 0.717) is 17.9 Å². The maximum absolute atomic E-state index is 10.7. The fourth-order valence-electron chi connectivity index (χ4n) is 1.53. The first-order valence-corrected chi connectivity index (χ1v) is 4.79. The Labute approximate surface area is 92.8 Å². The lowest BCUT2D eigenvalue weighted by atomic mass is 10.2. The zero-order valence-corrected chi connectivity index (χ0v) is 8.50. The molecule has 0 bridgehead atoms. The number of nitrogens with zero attached hydrogens (tertiary/aromatic N) is 3. The molecule has 2 aromatic rings. The van der Waals surface area contributed by atoms with Crippen molar-refractivity contribution < 1.29 is 4.79 Å². The Morgan fingerprint density at radius 3 is 3.06 bits per heavy atom. The van der Waals surface area contributed by atoms with Gasteiger partial charge in [-0.15, -0.1) is 0 Å². The predicted octanol–water partition coefficient (Wildman–Crippen LogP) is 1.62. The van der Waals surface area contributed by atoms with Crippen LogP contribution in [-0.2, 0) is 6.54 Å². The molecule has 0 fully saturated rings. The third-order valence-corrected chi connectivity index (χ3v) is 2.32. The molecule has 0 unspecified atom stereocenters. The molecule has 4 nitrogen and oxygen atoms in total. The molecule has 2 aromatic heterocycles. The quantitative estimate of drug-likeness (QED) is 0.725. The first kappa shape index (κ1) is 10.1. The smallest absolute Gasteiger partial charge is 0.166 e. The largest absolute Gasteiger partial charge is 0.341 e. The molecular weight excluding hydrogens is 202 g/mol. The number of hydrogen-bond acceptors (Lipinski definition) is 3. The Bertz CT molecular complexity index is 551. The van der Waals surface area contributed by atoms with Gasteiger partial charge in [0.2, 0.25) is 0 Å². The van der Waals surface area contributed by atoms with E-state index < -0.39 is 0 Å². The van der Waals surface area contributed by atoms with Gasteiger partial charge in [-0.05, 0) is 18.2 Å². The summed E-state index contributed by atoms with van der Waals surface area (Å²) in [5.74, 6) is 0. The van der Waals surface area contributed by atoms with Crippen LogP contribution in [0.5, 0.6) is 0 Å². The van der Waals surface area contributed by atoms with Crippen molar-refractivity contribution in [3.05, 3.63) is 53.6 Å². The van der Waals surface area contributed by atoms with Gasteiger partial charge in [0.25, 0.3) is 0 Å². The van der Waals surface area contributed by atoms with E-state index in [1.54, 1.807) is 35.2 Å². The van der Waals surface area contributed by atoms with E-state index in [9.17, 15) is 4.79 Å². The van der Waals surface area contributed by atoms with E-state index >= 15 is 0 Å². The first-order valence-electron chi connectivity index (χ1n) is 4.79. The number of aromatic nitrogens is 2. The molecule has 0 amide bonds. The molecular formula is C12H9N3O. The summed E-state index contributed by atoms with van der Waals surface area (Å²) < 4.78 is 1.78. The lowest BCUT2D eigenvalue weighted by Gasteiger charge is -2.06. The van der Waals surface area contributed by atoms with E-state index in [-0.39, 0.29) is 0 Å². The van der Waals surface area contributed by atoms with Crippen LogP contribution in [0.25, 0.3) is 0 Å². The summed E-state index contributed by atoms with van der Waals surface area (Å²) in [5, 5.41) is 8.88. The molecule has 0 saturated heterocycles. The van der Waals surface area contributed by atoms with Gasteiger partial charge in [-0.1, -0.05) is 6.07 Å². The molecule has 0 saturated carbocycles. The summed E-state index contributed by atoms with van der Waals surface area (Å²) >= 11 is 0. The molecule has 0 aromatic carbocycles. The van der Waals surface area contributed by atoms with Gasteiger partial charge in [-0.3, -0.25) is 4.79 Å². The van der Waals surface area contributed by atoms with Gasteiger partial charge >= 0.3 is 0 Å². The minimum absolute atomic E-state index is 0.396. The molecule has 16 heavy (non-hydrogen) atoms. The second-order valence-corrected chi connectivity index (χ2v) is 3.30. The van der Waals surface area contributed by atoms with Crippen LogP contribution >= 0.6 is 0 Å². The predicted molar refractivity (Wildman–Crippen MR) is 57.9 cm³/mol. The highest BCUT2D eigenvalue weighted by Crippen LogP contribution is 2.09. The number of hydrogen-bond donors (Lipinski definition) is 0. The van der Waals surface area contributed by atoms with Crippen LogP contribution in [0.4, 0.5) is 0 Å². The number of pyridine rings is 1. The standard InChI is InChI=1S/C12H9N3O/c13-7-12-10(3-1-5-14-12)8-15-6-2-4-11(15)9-16/h1-6,9H,8H2. The molecule has 78 valence electrons. The van der Waals surface area contributed by atoms with Crippen molar-refractivity contribution in [2.45, 2.75) is 6.54 Å². The topological polar surface area (TPSA) is 58.7 Å². The van der Waals surface area contributed by atoms with E-state index in [1.807, 2.05) is 12.1 Å². The van der Waals surface area contributed by atoms with Crippen molar-refractivity contribution in [2.75, 3.05) is 0 Å². The monoisotopic (exact) mass is 211 g/mol. The Morgan fingerprint density at radius 2 is 2.31 bits per heavy atom. The summed E-state index contributed by atoms with van der Waals surface area (Å²) in [6.07, 6.45) is 4.18. The Kier molecular flexibility index (Phi) is 2.79. The molecule has 0 aliphatic heterocycles. The van der Waals surface area contributed by atoms with Gasteiger partial charge in [0.1, 0.15) is 11.8 Å². The highest BCUT2D eigenvalue weighted by Gasteiger charge is 2.05. The van der Waals surface area contributed by atoms with Crippen molar-refractivity contribution in [3.63, 3.8) is 0 Å². The Hall–Kier alpha value is -2.41.